The highest BCUT2D eigenvalue weighted by atomic mass is 127. The van der Waals surface area contributed by atoms with E-state index < -0.39 is 6.10 Å². The summed E-state index contributed by atoms with van der Waals surface area (Å²) in [6.07, 6.45) is 0.412. The third kappa shape index (κ3) is 6.65. The van der Waals surface area contributed by atoms with Crippen LogP contribution in [0.4, 0.5) is 5.69 Å². The van der Waals surface area contributed by atoms with Gasteiger partial charge in [0.15, 0.2) is 5.96 Å². The molecule has 0 saturated heterocycles. The van der Waals surface area contributed by atoms with E-state index in [4.69, 9.17) is 0 Å². The van der Waals surface area contributed by atoms with Crippen LogP contribution in [-0.4, -0.2) is 37.7 Å². The first kappa shape index (κ1) is 22.4. The van der Waals surface area contributed by atoms with Crippen LogP contribution in [0, 0.1) is 0 Å². The second kappa shape index (κ2) is 11.9. The number of rotatable bonds is 8. The van der Waals surface area contributed by atoms with E-state index in [1.165, 1.54) is 10.1 Å². The minimum Gasteiger partial charge on any atom is -0.386 e. The van der Waals surface area contributed by atoms with Crippen LogP contribution in [0.3, 0.4) is 0 Å². The molecule has 1 unspecified atom stereocenters. The predicted octanol–water partition coefficient (Wildman–Crippen LogP) is 4.22. The smallest absolute Gasteiger partial charge is 0.191 e. The molecule has 2 aromatic carbocycles. The molecule has 3 aromatic rings. The molecular formula is C21H27IN4OS. The van der Waals surface area contributed by atoms with Crippen LogP contribution in [0.1, 0.15) is 17.4 Å². The zero-order valence-electron chi connectivity index (χ0n) is 15.9. The first-order valence-corrected chi connectivity index (χ1v) is 9.98. The molecule has 1 heterocycles. The van der Waals surface area contributed by atoms with Gasteiger partial charge in [0.05, 0.1) is 0 Å². The summed E-state index contributed by atoms with van der Waals surface area (Å²) in [4.78, 5) is 5.18. The molecule has 0 aliphatic rings. The number of aliphatic imine (C=N–C) groups is 1. The van der Waals surface area contributed by atoms with Crippen molar-refractivity contribution in [1.82, 2.24) is 10.6 Å². The molecule has 7 heteroatoms. The van der Waals surface area contributed by atoms with Crippen molar-refractivity contribution in [2.45, 2.75) is 12.5 Å². The Morgan fingerprint density at radius 1 is 1.04 bits per heavy atom. The largest absolute Gasteiger partial charge is 0.386 e. The molecule has 1 aromatic heterocycles. The van der Waals surface area contributed by atoms with E-state index in [-0.39, 0.29) is 24.0 Å². The highest BCUT2D eigenvalue weighted by Crippen LogP contribution is 2.29. The van der Waals surface area contributed by atoms with Crippen molar-refractivity contribution in [3.63, 3.8) is 0 Å². The van der Waals surface area contributed by atoms with Gasteiger partial charge in [0.2, 0.25) is 0 Å². The van der Waals surface area contributed by atoms with Gasteiger partial charge in [0.25, 0.3) is 0 Å². The molecule has 4 N–H and O–H groups in total. The number of hydrogen-bond donors (Lipinski definition) is 4. The Morgan fingerprint density at radius 3 is 2.54 bits per heavy atom. The number of hydrogen-bond acceptors (Lipinski definition) is 4. The first-order chi connectivity index (χ1) is 13.3. The third-order valence-electron chi connectivity index (χ3n) is 4.21. The summed E-state index contributed by atoms with van der Waals surface area (Å²) in [6.45, 7) is 2.12. The van der Waals surface area contributed by atoms with E-state index >= 15 is 0 Å². The number of halogens is 1. The standard InChI is InChI=1S/C21H26N4OS.HI/c1-22-21(24-13-7-12-23-17-9-3-2-4-10-17)25-15-18(26)20-14-16-8-5-6-11-19(16)27-20;/h2-6,8-11,14,18,23,26H,7,12-13,15H2,1H3,(H2,22,24,25);1H. The summed E-state index contributed by atoms with van der Waals surface area (Å²) in [7, 11) is 1.74. The fourth-order valence-electron chi connectivity index (χ4n) is 2.77. The normalized spacial score (nSPS) is 12.3. The maximum Gasteiger partial charge on any atom is 0.191 e. The van der Waals surface area contributed by atoms with Crippen molar-refractivity contribution in [1.29, 1.82) is 0 Å². The molecule has 0 spiro atoms. The van der Waals surface area contributed by atoms with E-state index in [1.54, 1.807) is 18.4 Å². The summed E-state index contributed by atoms with van der Waals surface area (Å²) in [6, 6.07) is 20.4. The number of guanidine groups is 1. The molecule has 0 bridgehead atoms. The Bertz CT molecular complexity index is 836. The molecule has 28 heavy (non-hydrogen) atoms. The van der Waals surface area contributed by atoms with Gasteiger partial charge in [-0.05, 0) is 36.1 Å². The van der Waals surface area contributed by atoms with Crippen molar-refractivity contribution in [3.05, 3.63) is 65.5 Å². The molecule has 1 atom stereocenters. The summed E-state index contributed by atoms with van der Waals surface area (Å²) in [5.74, 6) is 0.704. The van der Waals surface area contributed by atoms with Crippen LogP contribution in [0.5, 0.6) is 0 Å². The van der Waals surface area contributed by atoms with Crippen LogP contribution in [0.15, 0.2) is 65.7 Å². The average Bonchev–Trinajstić information content (AvgIpc) is 3.15. The second-order valence-electron chi connectivity index (χ2n) is 6.23. The maximum atomic E-state index is 10.5. The summed E-state index contributed by atoms with van der Waals surface area (Å²) in [5, 5.41) is 21.5. The van der Waals surface area contributed by atoms with E-state index in [9.17, 15) is 5.11 Å². The van der Waals surface area contributed by atoms with Crippen molar-refractivity contribution in [2.75, 3.05) is 32.0 Å². The third-order valence-corrected chi connectivity index (χ3v) is 5.43. The van der Waals surface area contributed by atoms with E-state index in [0.29, 0.717) is 12.5 Å². The quantitative estimate of drug-likeness (QED) is 0.159. The molecular weight excluding hydrogens is 483 g/mol. The van der Waals surface area contributed by atoms with Crippen LogP contribution in [-0.2, 0) is 0 Å². The fraction of sp³-hybridized carbons (Fsp3) is 0.286. The summed E-state index contributed by atoms with van der Waals surface area (Å²) < 4.78 is 1.19. The molecule has 0 aliphatic heterocycles. The zero-order chi connectivity index (χ0) is 18.9. The van der Waals surface area contributed by atoms with Gasteiger partial charge in [-0.25, -0.2) is 0 Å². The topological polar surface area (TPSA) is 68.7 Å². The van der Waals surface area contributed by atoms with Gasteiger partial charge < -0.3 is 21.1 Å². The lowest BCUT2D eigenvalue weighted by molar-refractivity contribution is 0.184. The van der Waals surface area contributed by atoms with Crippen LogP contribution < -0.4 is 16.0 Å². The minimum atomic E-state index is -0.555. The molecule has 0 saturated carbocycles. The molecule has 3 rings (SSSR count). The van der Waals surface area contributed by atoms with Gasteiger partial charge in [-0.1, -0.05) is 36.4 Å². The lowest BCUT2D eigenvalue weighted by atomic mass is 10.2. The van der Waals surface area contributed by atoms with Crippen LogP contribution in [0.2, 0.25) is 0 Å². The number of nitrogens with one attached hydrogen (secondary N) is 3. The Kier molecular flexibility index (Phi) is 9.52. The summed E-state index contributed by atoms with van der Waals surface area (Å²) in [5.41, 5.74) is 1.13. The van der Waals surface area contributed by atoms with Gasteiger partial charge in [-0.3, -0.25) is 4.99 Å². The maximum absolute atomic E-state index is 10.5. The van der Waals surface area contributed by atoms with Gasteiger partial charge in [0.1, 0.15) is 6.10 Å². The van der Waals surface area contributed by atoms with Gasteiger partial charge >= 0.3 is 0 Å². The Hall–Kier alpha value is -1.84. The van der Waals surface area contributed by atoms with Crippen LogP contribution >= 0.6 is 35.3 Å². The predicted molar refractivity (Wildman–Crippen MR) is 131 cm³/mol. The Labute approximate surface area is 187 Å². The number of aliphatic hydroxyl groups excluding tert-OH is 1. The van der Waals surface area contributed by atoms with Gasteiger partial charge in [-0.2, -0.15) is 0 Å². The van der Waals surface area contributed by atoms with Crippen LogP contribution in [0.25, 0.3) is 10.1 Å². The minimum absolute atomic E-state index is 0. The number of nitrogens with zero attached hydrogens (tertiary/aromatic N) is 1. The molecule has 150 valence electrons. The number of anilines is 1. The van der Waals surface area contributed by atoms with E-state index in [1.807, 2.05) is 30.3 Å². The Balaban J connectivity index is 0.00000280. The zero-order valence-corrected chi connectivity index (χ0v) is 19.0. The Morgan fingerprint density at radius 2 is 1.79 bits per heavy atom. The van der Waals surface area contributed by atoms with Crippen molar-refractivity contribution >= 4 is 57.0 Å². The van der Waals surface area contributed by atoms with Gasteiger partial charge in [0, 0.05) is 41.9 Å². The lowest BCUT2D eigenvalue weighted by Crippen LogP contribution is -2.40. The summed E-state index contributed by atoms with van der Waals surface area (Å²) >= 11 is 1.63. The number of fused-ring (bicyclic) bond motifs is 1. The van der Waals surface area contributed by atoms with Crippen molar-refractivity contribution in [2.24, 2.45) is 4.99 Å². The van der Waals surface area contributed by atoms with E-state index in [2.05, 4.69) is 51.3 Å². The van der Waals surface area contributed by atoms with E-state index in [0.717, 1.165) is 30.1 Å². The van der Waals surface area contributed by atoms with Crippen molar-refractivity contribution in [3.8, 4) is 0 Å². The number of benzene rings is 2. The lowest BCUT2D eigenvalue weighted by Gasteiger charge is -2.15. The number of para-hydroxylation sites is 1. The first-order valence-electron chi connectivity index (χ1n) is 9.16. The fourth-order valence-corrected chi connectivity index (χ4v) is 3.82. The molecule has 0 fully saturated rings. The molecule has 5 nitrogen and oxygen atoms in total. The van der Waals surface area contributed by atoms with Crippen molar-refractivity contribution < 1.29 is 5.11 Å². The van der Waals surface area contributed by atoms with Gasteiger partial charge in [-0.15, -0.1) is 35.3 Å². The molecule has 0 amide bonds. The second-order valence-corrected chi connectivity index (χ2v) is 7.34. The molecule has 0 aliphatic carbocycles. The average molecular weight is 510 g/mol. The highest BCUT2D eigenvalue weighted by molar-refractivity contribution is 14.0. The monoisotopic (exact) mass is 510 g/mol. The number of thiophene rings is 1. The highest BCUT2D eigenvalue weighted by Gasteiger charge is 2.12. The number of aliphatic hydroxyl groups is 1. The molecule has 0 radical (unpaired) electrons. The SMILES string of the molecule is CN=C(NCCCNc1ccccc1)NCC(O)c1cc2ccccc2s1.I.